The maximum absolute atomic E-state index is 11.9. The molecule has 0 aliphatic carbocycles. The van der Waals surface area contributed by atoms with Crippen molar-refractivity contribution in [2.45, 2.75) is 13.3 Å². The minimum Gasteiger partial charge on any atom is -0.343 e. The second-order valence-corrected chi connectivity index (χ2v) is 4.01. The van der Waals surface area contributed by atoms with Crippen molar-refractivity contribution >= 4 is 11.8 Å². The molecule has 1 aromatic carbocycles. The molecule has 0 spiro atoms. The molecule has 0 saturated carbocycles. The Labute approximate surface area is 111 Å². The lowest BCUT2D eigenvalue weighted by atomic mass is 10.2. The van der Waals surface area contributed by atoms with E-state index in [9.17, 15) is 9.59 Å². The summed E-state index contributed by atoms with van der Waals surface area (Å²) in [6, 6.07) is 8.80. The number of benzene rings is 1. The van der Waals surface area contributed by atoms with Gasteiger partial charge in [-0.05, 0) is 12.1 Å². The predicted molar refractivity (Wildman–Crippen MR) is 71.0 cm³/mol. The molecule has 1 aromatic heterocycles. The molecule has 19 heavy (non-hydrogen) atoms. The van der Waals surface area contributed by atoms with E-state index in [-0.39, 0.29) is 18.4 Å². The normalized spacial score (nSPS) is 10.2. The first-order chi connectivity index (χ1) is 9.22. The average Bonchev–Trinajstić information content (AvgIpc) is 2.93. The van der Waals surface area contributed by atoms with Crippen LogP contribution in [0.4, 0.5) is 0 Å². The van der Waals surface area contributed by atoms with Gasteiger partial charge in [0.15, 0.2) is 0 Å². The number of amides is 1. The van der Waals surface area contributed by atoms with Crippen LogP contribution in [-0.4, -0.2) is 27.9 Å². The van der Waals surface area contributed by atoms with Gasteiger partial charge in [-0.15, -0.1) is 0 Å². The summed E-state index contributed by atoms with van der Waals surface area (Å²) in [5.74, 6) is 0.240. The van der Waals surface area contributed by atoms with E-state index >= 15 is 0 Å². The van der Waals surface area contributed by atoms with Gasteiger partial charge in [0.05, 0.1) is 6.54 Å². The Bertz CT molecular complexity index is 575. The molecular formula is C14H15N3O2. The van der Waals surface area contributed by atoms with Crippen LogP contribution in [0.15, 0.2) is 42.7 Å². The van der Waals surface area contributed by atoms with Gasteiger partial charge in [-0.25, -0.2) is 4.98 Å². The zero-order valence-corrected chi connectivity index (χ0v) is 10.7. The molecule has 5 heteroatoms. The fraction of sp³-hybridized carbons (Fsp3) is 0.214. The zero-order valence-electron chi connectivity index (χ0n) is 10.7. The van der Waals surface area contributed by atoms with Crippen molar-refractivity contribution < 1.29 is 9.59 Å². The number of hydrogen-bond donors (Lipinski definition) is 1. The van der Waals surface area contributed by atoms with E-state index in [1.165, 1.54) is 4.57 Å². The van der Waals surface area contributed by atoms with Crippen LogP contribution >= 0.6 is 0 Å². The summed E-state index contributed by atoms with van der Waals surface area (Å²) in [6.45, 7) is 1.88. The topological polar surface area (TPSA) is 64.0 Å². The van der Waals surface area contributed by atoms with Gasteiger partial charge in [-0.2, -0.15) is 0 Å². The molecule has 0 radical (unpaired) electrons. The molecular weight excluding hydrogens is 242 g/mol. The Kier molecular flexibility index (Phi) is 4.07. The number of carbonyl (C=O) groups excluding carboxylic acids is 2. The molecule has 0 fully saturated rings. The van der Waals surface area contributed by atoms with Gasteiger partial charge in [-0.3, -0.25) is 14.2 Å². The van der Waals surface area contributed by atoms with Crippen molar-refractivity contribution in [1.29, 1.82) is 0 Å². The van der Waals surface area contributed by atoms with Crippen molar-refractivity contribution in [3.63, 3.8) is 0 Å². The van der Waals surface area contributed by atoms with E-state index in [1.54, 1.807) is 36.7 Å². The predicted octanol–water partition coefficient (Wildman–Crippen LogP) is 1.52. The molecule has 2 rings (SSSR count). The second-order valence-electron chi connectivity index (χ2n) is 4.01. The number of imidazole rings is 1. The summed E-state index contributed by atoms with van der Waals surface area (Å²) in [4.78, 5) is 27.8. The Morgan fingerprint density at radius 3 is 2.68 bits per heavy atom. The number of hydrogen-bond acceptors (Lipinski definition) is 3. The fourth-order valence-corrected chi connectivity index (χ4v) is 1.76. The van der Waals surface area contributed by atoms with Crippen molar-refractivity contribution in [3.05, 3.63) is 54.1 Å². The van der Waals surface area contributed by atoms with Crippen LogP contribution in [0.25, 0.3) is 0 Å². The minimum absolute atomic E-state index is 0.0446. The van der Waals surface area contributed by atoms with Crippen LogP contribution < -0.4 is 5.32 Å². The molecule has 0 atom stereocenters. The lowest BCUT2D eigenvalue weighted by Crippen LogP contribution is -2.32. The molecule has 1 amide bonds. The van der Waals surface area contributed by atoms with Crippen LogP contribution in [0.1, 0.15) is 27.9 Å². The molecule has 0 unspecified atom stereocenters. The first-order valence-corrected chi connectivity index (χ1v) is 6.11. The highest BCUT2D eigenvalue weighted by Gasteiger charge is 2.11. The number of rotatable bonds is 4. The summed E-state index contributed by atoms with van der Waals surface area (Å²) >= 11 is 0. The summed E-state index contributed by atoms with van der Waals surface area (Å²) in [5, 5.41) is 2.60. The van der Waals surface area contributed by atoms with Gasteiger partial charge in [0.25, 0.3) is 11.8 Å². The standard InChI is InChI=1S/C14H15N3O2/c1-2-12-15-8-9-17(12)13(18)10-16-14(19)11-6-4-3-5-7-11/h3-9H,2,10H2,1H3,(H,16,19). The van der Waals surface area contributed by atoms with E-state index in [0.29, 0.717) is 17.8 Å². The van der Waals surface area contributed by atoms with Gasteiger partial charge >= 0.3 is 0 Å². The van der Waals surface area contributed by atoms with E-state index in [0.717, 1.165) is 0 Å². The zero-order chi connectivity index (χ0) is 13.7. The third-order valence-corrected chi connectivity index (χ3v) is 2.74. The molecule has 0 aliphatic rings. The monoisotopic (exact) mass is 257 g/mol. The number of aryl methyl sites for hydroxylation is 1. The van der Waals surface area contributed by atoms with Crippen LogP contribution in [0.3, 0.4) is 0 Å². The molecule has 1 heterocycles. The number of nitrogens with one attached hydrogen (secondary N) is 1. The quantitative estimate of drug-likeness (QED) is 0.903. The highest BCUT2D eigenvalue weighted by molar-refractivity contribution is 5.96. The molecule has 1 N–H and O–H groups in total. The van der Waals surface area contributed by atoms with Crippen molar-refractivity contribution in [2.75, 3.05) is 6.54 Å². The lowest BCUT2D eigenvalue weighted by molar-refractivity contribution is 0.0858. The third-order valence-electron chi connectivity index (χ3n) is 2.74. The lowest BCUT2D eigenvalue weighted by Gasteiger charge is -2.07. The summed E-state index contributed by atoms with van der Waals surface area (Å²) in [7, 11) is 0. The maximum atomic E-state index is 11.9. The molecule has 0 aliphatic heterocycles. The first kappa shape index (κ1) is 13.0. The Morgan fingerprint density at radius 1 is 1.26 bits per heavy atom. The van der Waals surface area contributed by atoms with Crippen molar-refractivity contribution in [1.82, 2.24) is 14.9 Å². The van der Waals surface area contributed by atoms with Gasteiger partial charge in [0.2, 0.25) is 0 Å². The van der Waals surface area contributed by atoms with Gasteiger partial charge in [-0.1, -0.05) is 25.1 Å². The molecule has 0 bridgehead atoms. The Hall–Kier alpha value is -2.43. The van der Waals surface area contributed by atoms with Gasteiger partial charge < -0.3 is 5.32 Å². The smallest absolute Gasteiger partial charge is 0.251 e. The third kappa shape index (κ3) is 3.07. The molecule has 0 saturated heterocycles. The van der Waals surface area contributed by atoms with Crippen molar-refractivity contribution in [3.8, 4) is 0 Å². The van der Waals surface area contributed by atoms with Crippen LogP contribution in [0.2, 0.25) is 0 Å². The van der Waals surface area contributed by atoms with E-state index in [1.807, 2.05) is 13.0 Å². The van der Waals surface area contributed by atoms with E-state index in [2.05, 4.69) is 10.3 Å². The summed E-state index contributed by atoms with van der Waals surface area (Å²) in [6.07, 6.45) is 3.86. The molecule has 5 nitrogen and oxygen atoms in total. The van der Waals surface area contributed by atoms with Crippen LogP contribution in [-0.2, 0) is 6.42 Å². The largest absolute Gasteiger partial charge is 0.343 e. The SMILES string of the molecule is CCc1nccn1C(=O)CNC(=O)c1ccccc1. The average molecular weight is 257 g/mol. The number of nitrogens with zero attached hydrogens (tertiary/aromatic N) is 2. The molecule has 98 valence electrons. The van der Waals surface area contributed by atoms with Crippen LogP contribution in [0.5, 0.6) is 0 Å². The Balaban J connectivity index is 1.96. The van der Waals surface area contributed by atoms with Crippen LogP contribution in [0, 0.1) is 0 Å². The Morgan fingerprint density at radius 2 is 2.00 bits per heavy atom. The highest BCUT2D eigenvalue weighted by Crippen LogP contribution is 1.99. The minimum atomic E-state index is -0.257. The number of carbonyl (C=O) groups is 2. The fourth-order valence-electron chi connectivity index (χ4n) is 1.76. The number of aromatic nitrogens is 2. The summed E-state index contributed by atoms with van der Waals surface area (Å²) < 4.78 is 1.46. The molecule has 2 aromatic rings. The van der Waals surface area contributed by atoms with E-state index < -0.39 is 0 Å². The van der Waals surface area contributed by atoms with Gasteiger partial charge in [0.1, 0.15) is 5.82 Å². The summed E-state index contributed by atoms with van der Waals surface area (Å²) in [5.41, 5.74) is 0.539. The highest BCUT2D eigenvalue weighted by atomic mass is 16.2. The van der Waals surface area contributed by atoms with Gasteiger partial charge in [0, 0.05) is 24.4 Å². The second kappa shape index (κ2) is 5.95. The van der Waals surface area contributed by atoms with Crippen molar-refractivity contribution in [2.24, 2.45) is 0 Å². The van der Waals surface area contributed by atoms with E-state index in [4.69, 9.17) is 0 Å². The first-order valence-electron chi connectivity index (χ1n) is 6.11. The maximum Gasteiger partial charge on any atom is 0.251 e.